The highest BCUT2D eigenvalue weighted by atomic mass is 35.5. The van der Waals surface area contributed by atoms with Crippen molar-refractivity contribution in [3.63, 3.8) is 0 Å². The quantitative estimate of drug-likeness (QED) is 0.695. The lowest BCUT2D eigenvalue weighted by Crippen LogP contribution is -2.42. The molecule has 1 fully saturated rings. The van der Waals surface area contributed by atoms with E-state index in [0.717, 1.165) is 11.3 Å². The number of carbonyl (C=O) groups excluding carboxylic acids is 3. The van der Waals surface area contributed by atoms with Gasteiger partial charge in [-0.3, -0.25) is 19.8 Å². The lowest BCUT2D eigenvalue weighted by molar-refractivity contribution is -0.149. The van der Waals surface area contributed by atoms with E-state index in [4.69, 9.17) is 27.9 Å². The summed E-state index contributed by atoms with van der Waals surface area (Å²) in [7, 11) is 0. The van der Waals surface area contributed by atoms with E-state index in [-0.39, 0.29) is 18.5 Å². The number of aromatic nitrogens is 1. The number of nitrogens with one attached hydrogen (secondary N) is 1. The van der Waals surface area contributed by atoms with E-state index < -0.39 is 11.4 Å². The Bertz CT molecular complexity index is 1030. The van der Waals surface area contributed by atoms with Gasteiger partial charge in [-0.2, -0.15) is 0 Å². The minimum Gasteiger partial charge on any atom is -0.456 e. The fraction of sp³-hybridized carbons (Fsp3) is 0.368. The molecule has 1 aromatic heterocycles. The Morgan fingerprint density at radius 1 is 1.30 bits per heavy atom. The van der Waals surface area contributed by atoms with Crippen molar-refractivity contribution < 1.29 is 19.1 Å². The first-order valence-electron chi connectivity index (χ1n) is 9.18. The van der Waals surface area contributed by atoms with Crippen LogP contribution in [0.4, 0.5) is 15.6 Å². The van der Waals surface area contributed by atoms with Crippen molar-refractivity contribution in [2.45, 2.75) is 18.8 Å². The molecule has 3 amide bonds. The van der Waals surface area contributed by atoms with E-state index in [1.54, 1.807) is 15.9 Å². The van der Waals surface area contributed by atoms with Gasteiger partial charge in [0.1, 0.15) is 4.34 Å². The molecule has 8 nitrogen and oxygen atoms in total. The van der Waals surface area contributed by atoms with Crippen molar-refractivity contribution in [2.24, 2.45) is 0 Å². The van der Waals surface area contributed by atoms with Crippen LogP contribution in [0.2, 0.25) is 9.36 Å². The summed E-state index contributed by atoms with van der Waals surface area (Å²) in [6.45, 7) is 2.28. The van der Waals surface area contributed by atoms with Crippen molar-refractivity contribution in [1.82, 2.24) is 9.88 Å². The zero-order valence-corrected chi connectivity index (χ0v) is 18.3. The number of hydrogen-bond donors (Lipinski definition) is 1. The number of esters is 1. The molecule has 0 bridgehead atoms. The van der Waals surface area contributed by atoms with Gasteiger partial charge in [-0.1, -0.05) is 34.5 Å². The monoisotopic (exact) mass is 468 g/mol. The van der Waals surface area contributed by atoms with Gasteiger partial charge >= 0.3 is 12.0 Å². The Labute approximate surface area is 186 Å². The average Bonchev–Trinajstić information content (AvgIpc) is 3.39. The Kier molecular flexibility index (Phi) is 5.61. The Balaban J connectivity index is 1.57. The van der Waals surface area contributed by atoms with Crippen LogP contribution in [-0.2, 0) is 19.7 Å². The standard InChI is InChI=1S/C19H18Cl2N4O4S/c1-11(26)29-8-16(27)24-5-4-19(9-24)10-25(14-3-2-12(20)6-13(14)19)18(28)23-17-22-7-15(21)30-17/h2-3,6-7H,4-5,8-10H2,1H3,(H,22,23,28)/t19-/m1/s1. The highest BCUT2D eigenvalue weighted by Gasteiger charge is 2.50. The Hall–Kier alpha value is -2.36. The summed E-state index contributed by atoms with van der Waals surface area (Å²) < 4.78 is 5.32. The van der Waals surface area contributed by atoms with E-state index in [1.165, 1.54) is 24.5 Å². The zero-order valence-electron chi connectivity index (χ0n) is 16.0. The minimum atomic E-state index is -0.500. The first-order valence-corrected chi connectivity index (χ1v) is 10.8. The number of urea groups is 1. The molecule has 1 aromatic carbocycles. The molecule has 11 heteroatoms. The predicted octanol–water partition coefficient (Wildman–Crippen LogP) is 3.54. The topological polar surface area (TPSA) is 91.8 Å². The lowest BCUT2D eigenvalue weighted by atomic mass is 9.81. The molecule has 0 aliphatic carbocycles. The number of halogens is 2. The fourth-order valence-corrected chi connectivity index (χ4v) is 4.96. The summed E-state index contributed by atoms with van der Waals surface area (Å²) in [4.78, 5) is 43.8. The van der Waals surface area contributed by atoms with Crippen LogP contribution in [0.15, 0.2) is 24.4 Å². The summed E-state index contributed by atoms with van der Waals surface area (Å²) in [5.41, 5.74) is 1.23. The fourth-order valence-electron chi connectivity index (χ4n) is 3.98. The zero-order chi connectivity index (χ0) is 21.5. The van der Waals surface area contributed by atoms with Gasteiger partial charge in [-0.25, -0.2) is 9.78 Å². The summed E-state index contributed by atoms with van der Waals surface area (Å²) in [6.07, 6.45) is 2.14. The van der Waals surface area contributed by atoms with Crippen LogP contribution >= 0.6 is 34.5 Å². The molecule has 158 valence electrons. The highest BCUT2D eigenvalue weighted by Crippen LogP contribution is 2.47. The van der Waals surface area contributed by atoms with Crippen molar-refractivity contribution in [3.05, 3.63) is 39.3 Å². The molecular weight excluding hydrogens is 451 g/mol. The molecular formula is C19H18Cl2N4O4S. The largest absolute Gasteiger partial charge is 0.456 e. The third kappa shape index (κ3) is 3.97. The van der Waals surface area contributed by atoms with Crippen LogP contribution in [0.5, 0.6) is 0 Å². The van der Waals surface area contributed by atoms with Crippen LogP contribution in [0.25, 0.3) is 0 Å². The number of anilines is 2. The molecule has 1 atom stereocenters. The normalized spacial score (nSPS) is 19.8. The molecule has 1 saturated heterocycles. The first-order chi connectivity index (χ1) is 14.3. The maximum Gasteiger partial charge on any atom is 0.328 e. The number of amides is 3. The predicted molar refractivity (Wildman–Crippen MR) is 114 cm³/mol. The van der Waals surface area contributed by atoms with Crippen molar-refractivity contribution >= 4 is 63.3 Å². The first kappa shape index (κ1) is 20.9. The van der Waals surface area contributed by atoms with Crippen LogP contribution in [0.3, 0.4) is 0 Å². The average molecular weight is 469 g/mol. The van der Waals surface area contributed by atoms with Gasteiger partial charge in [0.05, 0.1) is 6.20 Å². The number of benzene rings is 1. The van der Waals surface area contributed by atoms with Crippen molar-refractivity contribution in [3.8, 4) is 0 Å². The third-order valence-electron chi connectivity index (χ3n) is 5.32. The number of rotatable bonds is 3. The number of likely N-dealkylation sites (tertiary alicyclic amines) is 1. The van der Waals surface area contributed by atoms with Gasteiger partial charge in [-0.05, 0) is 30.2 Å². The molecule has 0 radical (unpaired) electrons. The minimum absolute atomic E-state index is 0.258. The number of carbonyl (C=O) groups is 3. The summed E-state index contributed by atoms with van der Waals surface area (Å²) in [6, 6.07) is 5.07. The van der Waals surface area contributed by atoms with Gasteiger partial charge < -0.3 is 9.64 Å². The van der Waals surface area contributed by atoms with E-state index in [9.17, 15) is 14.4 Å². The second kappa shape index (κ2) is 8.05. The van der Waals surface area contributed by atoms with E-state index in [1.807, 2.05) is 12.1 Å². The molecule has 1 spiro atoms. The van der Waals surface area contributed by atoms with Gasteiger partial charge in [0.15, 0.2) is 11.7 Å². The lowest BCUT2D eigenvalue weighted by Gasteiger charge is -2.25. The van der Waals surface area contributed by atoms with Gasteiger partial charge in [-0.15, -0.1) is 0 Å². The Morgan fingerprint density at radius 3 is 2.80 bits per heavy atom. The second-order valence-electron chi connectivity index (χ2n) is 7.27. The van der Waals surface area contributed by atoms with Crippen LogP contribution in [-0.4, -0.2) is 54.0 Å². The summed E-state index contributed by atoms with van der Waals surface area (Å²) >= 11 is 13.3. The third-order valence-corrected chi connectivity index (χ3v) is 6.59. The summed E-state index contributed by atoms with van der Waals surface area (Å²) in [5.74, 6) is -0.758. The molecule has 3 heterocycles. The second-order valence-corrected chi connectivity index (χ2v) is 9.37. The smallest absolute Gasteiger partial charge is 0.328 e. The highest BCUT2D eigenvalue weighted by molar-refractivity contribution is 7.19. The van der Waals surface area contributed by atoms with Gasteiger partial charge in [0.2, 0.25) is 0 Å². The molecule has 0 saturated carbocycles. The molecule has 30 heavy (non-hydrogen) atoms. The van der Waals surface area contributed by atoms with Crippen molar-refractivity contribution in [2.75, 3.05) is 36.5 Å². The molecule has 4 rings (SSSR count). The maximum absolute atomic E-state index is 13.0. The molecule has 2 aromatic rings. The number of thiazole rings is 1. The number of hydrogen-bond acceptors (Lipinski definition) is 6. The molecule has 0 unspecified atom stereocenters. The maximum atomic E-state index is 13.0. The SMILES string of the molecule is CC(=O)OCC(=O)N1CC[C@@]2(C1)CN(C(=O)Nc1ncc(Cl)s1)c1ccc(Cl)cc12. The number of fused-ring (bicyclic) bond motifs is 2. The number of nitrogens with zero attached hydrogens (tertiary/aromatic N) is 3. The summed E-state index contributed by atoms with van der Waals surface area (Å²) in [5, 5.41) is 3.74. The van der Waals surface area contributed by atoms with E-state index >= 15 is 0 Å². The van der Waals surface area contributed by atoms with Crippen LogP contribution in [0, 0.1) is 0 Å². The molecule has 2 aliphatic heterocycles. The number of ether oxygens (including phenoxy) is 1. The Morgan fingerprint density at radius 2 is 2.10 bits per heavy atom. The van der Waals surface area contributed by atoms with E-state index in [2.05, 4.69) is 10.3 Å². The molecule has 1 N–H and O–H groups in total. The van der Waals surface area contributed by atoms with Crippen LogP contribution < -0.4 is 10.2 Å². The van der Waals surface area contributed by atoms with Crippen molar-refractivity contribution in [1.29, 1.82) is 0 Å². The van der Waals surface area contributed by atoms with E-state index in [0.29, 0.717) is 40.5 Å². The van der Waals surface area contributed by atoms with Crippen LogP contribution in [0.1, 0.15) is 18.9 Å². The van der Waals surface area contributed by atoms with Gasteiger partial charge in [0.25, 0.3) is 5.91 Å². The van der Waals surface area contributed by atoms with Gasteiger partial charge in [0, 0.05) is 42.7 Å². The molecule has 2 aliphatic rings.